The molecular weight excluding hydrogens is 160 g/mol. The Morgan fingerprint density at radius 2 is 2.45 bits per heavy atom. The zero-order chi connectivity index (χ0) is 8.48. The van der Waals surface area contributed by atoms with E-state index in [1.165, 1.54) is 11.8 Å². The van der Waals surface area contributed by atoms with Crippen LogP contribution in [0.15, 0.2) is 16.8 Å². The van der Waals surface area contributed by atoms with Crippen molar-refractivity contribution in [3.63, 3.8) is 0 Å². The lowest BCUT2D eigenvalue weighted by molar-refractivity contribution is 0.0123. The van der Waals surface area contributed by atoms with Gasteiger partial charge in [0.2, 0.25) is 0 Å². The zero-order valence-corrected chi connectivity index (χ0v) is 7.57. The summed E-state index contributed by atoms with van der Waals surface area (Å²) in [4.78, 5) is 5.12. The highest BCUT2D eigenvalue weighted by molar-refractivity contribution is 8.17. The second kappa shape index (κ2) is 2.77. The van der Waals surface area contributed by atoms with Gasteiger partial charge in [-0.3, -0.25) is 0 Å². The summed E-state index contributed by atoms with van der Waals surface area (Å²) in [7, 11) is 0. The van der Waals surface area contributed by atoms with Crippen LogP contribution in [-0.2, 0) is 4.84 Å². The molecule has 11 heavy (non-hydrogen) atoms. The van der Waals surface area contributed by atoms with Crippen molar-refractivity contribution in [2.75, 3.05) is 0 Å². The standard InChI is InChI=1S/C7H12N2OS/c1-5(8)11-6-4-7(2,3)10-9-6/h1,4,8H2,2-3H3. The Balaban J connectivity index is 2.47. The van der Waals surface area contributed by atoms with Gasteiger partial charge in [0.15, 0.2) is 0 Å². The molecule has 2 N–H and O–H groups in total. The van der Waals surface area contributed by atoms with Gasteiger partial charge in [0.05, 0.1) is 5.03 Å². The number of oxime groups is 1. The van der Waals surface area contributed by atoms with Crippen LogP contribution in [0.2, 0.25) is 0 Å². The summed E-state index contributed by atoms with van der Waals surface area (Å²) in [6, 6.07) is 0. The Labute approximate surface area is 70.7 Å². The van der Waals surface area contributed by atoms with E-state index in [2.05, 4.69) is 11.7 Å². The molecule has 0 unspecified atom stereocenters. The van der Waals surface area contributed by atoms with Crippen molar-refractivity contribution in [2.45, 2.75) is 25.9 Å². The van der Waals surface area contributed by atoms with E-state index in [0.717, 1.165) is 11.5 Å². The van der Waals surface area contributed by atoms with Gasteiger partial charge in [0.1, 0.15) is 10.6 Å². The number of hydrogen-bond donors (Lipinski definition) is 1. The Morgan fingerprint density at radius 3 is 2.82 bits per heavy atom. The normalized spacial score (nSPS) is 20.7. The minimum atomic E-state index is -0.169. The summed E-state index contributed by atoms with van der Waals surface area (Å²) in [5.74, 6) is 0. The molecule has 4 heteroatoms. The van der Waals surface area contributed by atoms with Gasteiger partial charge in [-0.2, -0.15) is 0 Å². The minimum absolute atomic E-state index is 0.169. The van der Waals surface area contributed by atoms with Gasteiger partial charge in [-0.25, -0.2) is 0 Å². The van der Waals surface area contributed by atoms with Crippen molar-refractivity contribution in [1.29, 1.82) is 0 Å². The quantitative estimate of drug-likeness (QED) is 0.654. The van der Waals surface area contributed by atoms with Gasteiger partial charge in [0, 0.05) is 6.42 Å². The third-order valence-electron chi connectivity index (χ3n) is 1.22. The summed E-state index contributed by atoms with van der Waals surface area (Å²) in [5.41, 5.74) is 5.22. The Morgan fingerprint density at radius 1 is 1.82 bits per heavy atom. The Hall–Kier alpha value is -0.640. The first-order chi connectivity index (χ1) is 4.99. The van der Waals surface area contributed by atoms with E-state index in [9.17, 15) is 0 Å². The largest absolute Gasteiger partial charge is 0.394 e. The van der Waals surface area contributed by atoms with Crippen LogP contribution < -0.4 is 5.73 Å². The average molecular weight is 172 g/mol. The van der Waals surface area contributed by atoms with Crippen molar-refractivity contribution in [2.24, 2.45) is 10.9 Å². The van der Waals surface area contributed by atoms with E-state index in [0.29, 0.717) is 5.03 Å². The third-order valence-corrected chi connectivity index (χ3v) is 1.94. The lowest BCUT2D eigenvalue weighted by Crippen LogP contribution is -2.18. The highest BCUT2D eigenvalue weighted by atomic mass is 32.2. The van der Waals surface area contributed by atoms with E-state index >= 15 is 0 Å². The van der Waals surface area contributed by atoms with Crippen LogP contribution in [0, 0.1) is 0 Å². The molecule has 0 aliphatic carbocycles. The molecule has 3 nitrogen and oxygen atoms in total. The summed E-state index contributed by atoms with van der Waals surface area (Å²) in [6.07, 6.45) is 0.813. The molecule has 0 saturated heterocycles. The van der Waals surface area contributed by atoms with Crippen LogP contribution in [-0.4, -0.2) is 10.6 Å². The van der Waals surface area contributed by atoms with Crippen LogP contribution in [0.25, 0.3) is 0 Å². The monoisotopic (exact) mass is 172 g/mol. The van der Waals surface area contributed by atoms with Crippen molar-refractivity contribution >= 4 is 16.8 Å². The first-order valence-corrected chi connectivity index (χ1v) is 4.18. The van der Waals surface area contributed by atoms with Gasteiger partial charge >= 0.3 is 0 Å². The van der Waals surface area contributed by atoms with E-state index in [-0.39, 0.29) is 5.60 Å². The van der Waals surface area contributed by atoms with Gasteiger partial charge in [-0.05, 0) is 13.8 Å². The predicted octanol–water partition coefficient (Wildman–Crippen LogP) is 1.66. The fraction of sp³-hybridized carbons (Fsp3) is 0.571. The molecule has 0 bridgehead atoms. The average Bonchev–Trinajstić information content (AvgIpc) is 2.08. The SMILES string of the molecule is C=C(N)SC1=NOC(C)(C)C1. The summed E-state index contributed by atoms with van der Waals surface area (Å²) < 4.78 is 0. The van der Waals surface area contributed by atoms with Crippen LogP contribution in [0.4, 0.5) is 0 Å². The first-order valence-electron chi connectivity index (χ1n) is 3.37. The minimum Gasteiger partial charge on any atom is -0.394 e. The molecule has 1 rings (SSSR count). The molecule has 0 aromatic carbocycles. The molecule has 0 radical (unpaired) electrons. The molecule has 0 atom stereocenters. The summed E-state index contributed by atoms with van der Waals surface area (Å²) in [6.45, 7) is 7.55. The molecule has 1 heterocycles. The van der Waals surface area contributed by atoms with Gasteiger partial charge in [-0.1, -0.05) is 23.5 Å². The number of thioether (sulfide) groups is 1. The highest BCUT2D eigenvalue weighted by Gasteiger charge is 2.29. The van der Waals surface area contributed by atoms with E-state index in [1.807, 2.05) is 13.8 Å². The number of nitrogens with zero attached hydrogens (tertiary/aromatic N) is 1. The van der Waals surface area contributed by atoms with Gasteiger partial charge < -0.3 is 10.6 Å². The maximum atomic E-state index is 5.39. The number of nitrogens with two attached hydrogens (primary N) is 1. The van der Waals surface area contributed by atoms with E-state index in [4.69, 9.17) is 10.6 Å². The van der Waals surface area contributed by atoms with Crippen molar-refractivity contribution in [3.05, 3.63) is 11.6 Å². The molecule has 0 aromatic rings. The third kappa shape index (κ3) is 2.46. The highest BCUT2D eigenvalue weighted by Crippen LogP contribution is 2.28. The molecule has 0 spiro atoms. The van der Waals surface area contributed by atoms with E-state index < -0.39 is 0 Å². The van der Waals surface area contributed by atoms with E-state index in [1.54, 1.807) is 0 Å². The molecular formula is C7H12N2OS. The van der Waals surface area contributed by atoms with Crippen LogP contribution >= 0.6 is 11.8 Å². The molecule has 0 amide bonds. The van der Waals surface area contributed by atoms with Crippen molar-refractivity contribution in [1.82, 2.24) is 0 Å². The lowest BCUT2D eigenvalue weighted by Gasteiger charge is -2.12. The molecule has 62 valence electrons. The maximum absolute atomic E-state index is 5.39. The van der Waals surface area contributed by atoms with Gasteiger partial charge in [-0.15, -0.1) is 0 Å². The fourth-order valence-electron chi connectivity index (χ4n) is 0.809. The molecule has 1 aliphatic heterocycles. The lowest BCUT2D eigenvalue weighted by atomic mass is 10.1. The molecule has 0 saturated carbocycles. The van der Waals surface area contributed by atoms with Crippen LogP contribution in [0.1, 0.15) is 20.3 Å². The Bertz CT molecular complexity index is 210. The van der Waals surface area contributed by atoms with Crippen LogP contribution in [0.3, 0.4) is 0 Å². The zero-order valence-electron chi connectivity index (χ0n) is 6.76. The molecule has 1 aliphatic rings. The summed E-state index contributed by atoms with van der Waals surface area (Å²) >= 11 is 1.37. The smallest absolute Gasteiger partial charge is 0.138 e. The maximum Gasteiger partial charge on any atom is 0.138 e. The topological polar surface area (TPSA) is 47.6 Å². The fourth-order valence-corrected chi connectivity index (χ4v) is 1.61. The number of hydrogen-bond acceptors (Lipinski definition) is 4. The second-order valence-corrected chi connectivity index (χ2v) is 4.28. The Kier molecular flexibility index (Phi) is 2.13. The molecule has 0 fully saturated rings. The van der Waals surface area contributed by atoms with Crippen molar-refractivity contribution in [3.8, 4) is 0 Å². The van der Waals surface area contributed by atoms with Crippen molar-refractivity contribution < 1.29 is 4.84 Å². The van der Waals surface area contributed by atoms with Gasteiger partial charge in [0.25, 0.3) is 0 Å². The van der Waals surface area contributed by atoms with Crippen LogP contribution in [0.5, 0.6) is 0 Å². The summed E-state index contributed by atoms with van der Waals surface area (Å²) in [5, 5.41) is 5.33. The first kappa shape index (κ1) is 8.46. The molecule has 0 aromatic heterocycles. The second-order valence-electron chi connectivity index (χ2n) is 3.08. The number of rotatable bonds is 1. The predicted molar refractivity (Wildman–Crippen MR) is 48.1 cm³/mol.